The van der Waals surface area contributed by atoms with Gasteiger partial charge in [0.05, 0.1) is 0 Å². The van der Waals surface area contributed by atoms with Crippen molar-refractivity contribution in [3.63, 3.8) is 0 Å². The summed E-state index contributed by atoms with van der Waals surface area (Å²) in [7, 11) is 0. The van der Waals surface area contributed by atoms with Gasteiger partial charge in [0.15, 0.2) is 0 Å². The van der Waals surface area contributed by atoms with Crippen LogP contribution in [0.1, 0.15) is 50.2 Å². The number of benzene rings is 1. The smallest absolute Gasteiger partial charge is 0.128 e. The van der Waals surface area contributed by atoms with Gasteiger partial charge in [0, 0.05) is 23.7 Å². The molecule has 2 rings (SSSR count). The lowest BCUT2D eigenvalue weighted by Gasteiger charge is -2.33. The first-order valence-electron chi connectivity index (χ1n) is 7.44. The van der Waals surface area contributed by atoms with Gasteiger partial charge in [0.2, 0.25) is 0 Å². The van der Waals surface area contributed by atoms with E-state index >= 15 is 0 Å². The van der Waals surface area contributed by atoms with E-state index < -0.39 is 0 Å². The second-order valence-electron chi connectivity index (χ2n) is 5.53. The molecule has 110 valence electrons. The zero-order valence-corrected chi connectivity index (χ0v) is 12.9. The Labute approximate surface area is 126 Å². The summed E-state index contributed by atoms with van der Waals surface area (Å²) in [6.07, 6.45) is 6.40. The molecule has 1 aromatic carbocycles. The highest BCUT2D eigenvalue weighted by Crippen LogP contribution is 2.24. The summed E-state index contributed by atoms with van der Waals surface area (Å²) in [4.78, 5) is 2.63. The molecule has 1 aromatic rings. The van der Waals surface area contributed by atoms with Crippen molar-refractivity contribution < 1.29 is 4.39 Å². The Bertz CT molecular complexity index is 470. The largest absolute Gasteiger partial charge is 0.389 e. The maximum atomic E-state index is 14.1. The first kappa shape index (κ1) is 15.4. The molecular weight excluding hydrogens is 271 g/mol. The second kappa shape index (κ2) is 7.14. The first-order valence-corrected chi connectivity index (χ1v) is 7.85. The van der Waals surface area contributed by atoms with Gasteiger partial charge in [0.1, 0.15) is 10.8 Å². The highest BCUT2D eigenvalue weighted by Gasteiger charge is 2.20. The third-order valence-corrected chi connectivity index (χ3v) is 4.44. The second-order valence-corrected chi connectivity index (χ2v) is 5.97. The lowest BCUT2D eigenvalue weighted by molar-refractivity contribution is 0.154. The first-order chi connectivity index (χ1) is 9.61. The van der Waals surface area contributed by atoms with Gasteiger partial charge >= 0.3 is 0 Å². The van der Waals surface area contributed by atoms with E-state index in [-0.39, 0.29) is 10.8 Å². The van der Waals surface area contributed by atoms with E-state index in [1.807, 2.05) is 12.1 Å². The number of nitrogens with two attached hydrogens (primary N) is 1. The van der Waals surface area contributed by atoms with E-state index in [1.54, 1.807) is 0 Å². The van der Waals surface area contributed by atoms with Gasteiger partial charge in [-0.25, -0.2) is 4.39 Å². The van der Waals surface area contributed by atoms with Crippen molar-refractivity contribution in [1.82, 2.24) is 4.90 Å². The van der Waals surface area contributed by atoms with Crippen LogP contribution in [-0.2, 0) is 6.54 Å². The molecule has 0 heterocycles. The van der Waals surface area contributed by atoms with Crippen LogP contribution in [0, 0.1) is 5.82 Å². The van der Waals surface area contributed by atoms with Crippen LogP contribution in [0.15, 0.2) is 18.2 Å². The van der Waals surface area contributed by atoms with Crippen LogP contribution in [0.4, 0.5) is 4.39 Å². The van der Waals surface area contributed by atoms with Gasteiger partial charge in [-0.05, 0) is 25.5 Å². The number of nitrogens with zero attached hydrogens (tertiary/aromatic N) is 1. The Hall–Kier alpha value is -1.00. The minimum absolute atomic E-state index is 0.204. The summed E-state index contributed by atoms with van der Waals surface area (Å²) < 4.78 is 14.1. The standard InChI is InChI=1S/C16H23FN2S/c1-2-19(14-6-4-3-5-7-14)11-13-9-8-12(16(18)20)10-15(13)17/h8-10,14H,2-7,11H2,1H3,(H2,18,20). The van der Waals surface area contributed by atoms with E-state index in [0.717, 1.165) is 12.1 Å². The van der Waals surface area contributed by atoms with Gasteiger partial charge in [-0.2, -0.15) is 0 Å². The summed E-state index contributed by atoms with van der Waals surface area (Å²) in [5.41, 5.74) is 6.86. The molecule has 1 fully saturated rings. The summed E-state index contributed by atoms with van der Waals surface area (Å²) in [6.45, 7) is 3.78. The fraction of sp³-hybridized carbons (Fsp3) is 0.562. The van der Waals surface area contributed by atoms with E-state index in [0.29, 0.717) is 18.2 Å². The molecule has 0 spiro atoms. The predicted molar refractivity (Wildman–Crippen MR) is 85.2 cm³/mol. The zero-order valence-electron chi connectivity index (χ0n) is 12.1. The van der Waals surface area contributed by atoms with E-state index in [9.17, 15) is 4.39 Å². The molecule has 4 heteroatoms. The molecule has 0 aromatic heterocycles. The molecular formula is C16H23FN2S. The number of rotatable bonds is 5. The molecule has 2 N–H and O–H groups in total. The van der Waals surface area contributed by atoms with Crippen molar-refractivity contribution in [1.29, 1.82) is 0 Å². The third kappa shape index (κ3) is 3.76. The van der Waals surface area contributed by atoms with Gasteiger partial charge in [-0.3, -0.25) is 4.90 Å². The van der Waals surface area contributed by atoms with Gasteiger partial charge in [0.25, 0.3) is 0 Å². The van der Waals surface area contributed by atoms with Gasteiger partial charge < -0.3 is 5.73 Å². The van der Waals surface area contributed by atoms with Crippen LogP contribution in [0.3, 0.4) is 0 Å². The third-order valence-electron chi connectivity index (χ3n) is 4.21. The van der Waals surface area contributed by atoms with E-state index in [1.165, 1.54) is 38.2 Å². The molecule has 0 bridgehead atoms. The van der Waals surface area contributed by atoms with Crippen LogP contribution < -0.4 is 5.73 Å². The predicted octanol–water partition coefficient (Wildman–Crippen LogP) is 3.61. The lowest BCUT2D eigenvalue weighted by atomic mass is 9.94. The van der Waals surface area contributed by atoms with Crippen LogP contribution in [0.25, 0.3) is 0 Å². The maximum absolute atomic E-state index is 14.1. The Morgan fingerprint density at radius 2 is 2.05 bits per heavy atom. The molecule has 0 radical (unpaired) electrons. The molecule has 20 heavy (non-hydrogen) atoms. The topological polar surface area (TPSA) is 29.3 Å². The van der Waals surface area contributed by atoms with Gasteiger partial charge in [-0.15, -0.1) is 0 Å². The average molecular weight is 294 g/mol. The summed E-state index contributed by atoms with van der Waals surface area (Å²) >= 11 is 4.88. The molecule has 0 saturated heterocycles. The molecule has 1 aliphatic carbocycles. The SMILES string of the molecule is CCN(Cc1ccc(C(N)=S)cc1F)C1CCCCC1. The maximum Gasteiger partial charge on any atom is 0.128 e. The minimum atomic E-state index is -0.204. The Kier molecular flexibility index (Phi) is 5.49. The monoisotopic (exact) mass is 294 g/mol. The number of hydrogen-bond donors (Lipinski definition) is 1. The molecule has 0 unspecified atom stereocenters. The van der Waals surface area contributed by atoms with Crippen molar-refractivity contribution in [2.45, 2.75) is 51.6 Å². The Balaban J connectivity index is 2.08. The highest BCUT2D eigenvalue weighted by atomic mass is 32.1. The minimum Gasteiger partial charge on any atom is -0.389 e. The van der Waals surface area contributed by atoms with E-state index in [2.05, 4.69) is 11.8 Å². The summed E-state index contributed by atoms with van der Waals surface area (Å²) in [5.74, 6) is -0.204. The molecule has 0 amide bonds. The fourth-order valence-corrected chi connectivity index (χ4v) is 3.12. The van der Waals surface area contributed by atoms with Gasteiger partial charge in [-0.1, -0.05) is 50.5 Å². The molecule has 0 aliphatic heterocycles. The van der Waals surface area contributed by atoms with Crippen LogP contribution in [0.2, 0.25) is 0 Å². The molecule has 1 aliphatic rings. The summed E-state index contributed by atoms with van der Waals surface area (Å²) in [5, 5.41) is 0. The fourth-order valence-electron chi connectivity index (χ4n) is 2.99. The normalized spacial score (nSPS) is 16.6. The number of hydrogen-bond acceptors (Lipinski definition) is 2. The Morgan fingerprint density at radius 3 is 2.60 bits per heavy atom. The number of thiocarbonyl (C=S) groups is 1. The average Bonchev–Trinajstić information content (AvgIpc) is 2.46. The van der Waals surface area contributed by atoms with Crippen LogP contribution in [0.5, 0.6) is 0 Å². The molecule has 0 atom stereocenters. The van der Waals surface area contributed by atoms with Crippen molar-refractivity contribution in [2.75, 3.05) is 6.54 Å². The van der Waals surface area contributed by atoms with Crippen molar-refractivity contribution in [2.24, 2.45) is 5.73 Å². The zero-order chi connectivity index (χ0) is 14.5. The highest BCUT2D eigenvalue weighted by molar-refractivity contribution is 7.80. The van der Waals surface area contributed by atoms with Crippen LogP contribution in [-0.4, -0.2) is 22.5 Å². The lowest BCUT2D eigenvalue weighted by Crippen LogP contribution is -2.36. The quantitative estimate of drug-likeness (QED) is 0.841. The summed E-state index contributed by atoms with van der Waals surface area (Å²) in [6, 6.07) is 5.68. The van der Waals surface area contributed by atoms with Crippen molar-refractivity contribution >= 4 is 17.2 Å². The van der Waals surface area contributed by atoms with Crippen molar-refractivity contribution in [3.05, 3.63) is 35.1 Å². The van der Waals surface area contributed by atoms with E-state index in [4.69, 9.17) is 18.0 Å². The Morgan fingerprint density at radius 1 is 1.35 bits per heavy atom. The van der Waals surface area contributed by atoms with Crippen molar-refractivity contribution in [3.8, 4) is 0 Å². The molecule has 1 saturated carbocycles. The molecule has 2 nitrogen and oxygen atoms in total. The number of halogens is 1. The van der Waals surface area contributed by atoms with Crippen LogP contribution >= 0.6 is 12.2 Å².